The number of benzene rings is 4. The number of hydrogen-bond acceptors (Lipinski definition) is 1. The summed E-state index contributed by atoms with van der Waals surface area (Å²) >= 11 is 7.25. The third-order valence-electron chi connectivity index (χ3n) is 5.33. The van der Waals surface area contributed by atoms with E-state index in [1.165, 1.54) is 10.8 Å². The predicted octanol–water partition coefficient (Wildman–Crippen LogP) is 7.54. The molecule has 2 N–H and O–H groups in total. The number of hydrogen-bond donors (Lipinski definition) is 2. The van der Waals surface area contributed by atoms with Gasteiger partial charge in [0.15, 0.2) is 0 Å². The molecule has 0 aliphatic rings. The second kappa shape index (κ2) is 5.93. The Labute approximate surface area is 177 Å². The summed E-state index contributed by atoms with van der Waals surface area (Å²) in [5, 5.41) is 5.89. The summed E-state index contributed by atoms with van der Waals surface area (Å²) in [7, 11) is 0. The molecule has 5 heteroatoms. The first-order valence-corrected chi connectivity index (χ1v) is 10.5. The molecular weight excluding hydrogens is 478 g/mol. The number of rotatable bonds is 1. The van der Waals surface area contributed by atoms with Crippen LogP contribution in [0.3, 0.4) is 0 Å². The van der Waals surface area contributed by atoms with Gasteiger partial charge in [-0.05, 0) is 41.1 Å². The van der Waals surface area contributed by atoms with E-state index in [1.807, 2.05) is 12.3 Å². The number of nitrogens with one attached hydrogen (secondary N) is 2. The van der Waals surface area contributed by atoms with Crippen LogP contribution in [0, 0.1) is 0 Å². The molecule has 0 fully saturated rings. The van der Waals surface area contributed by atoms with Crippen LogP contribution in [-0.4, -0.2) is 15.0 Å². The Morgan fingerprint density at radius 2 is 1.43 bits per heavy atom. The minimum atomic E-state index is 0.876. The quantitative estimate of drug-likeness (QED) is 0.230. The summed E-state index contributed by atoms with van der Waals surface area (Å²) in [5.41, 5.74) is 4.24. The second-order valence-corrected chi connectivity index (χ2v) is 8.77. The van der Waals surface area contributed by atoms with Crippen LogP contribution in [0.5, 0.6) is 0 Å². The molecule has 0 radical (unpaired) electrons. The normalized spacial score (nSPS) is 11.9. The molecule has 0 saturated carbocycles. The highest BCUT2D eigenvalue weighted by Gasteiger charge is 2.16. The molecule has 6 rings (SSSR count). The number of halogens is 2. The largest absolute Gasteiger partial charge is 0.360 e. The average molecular weight is 491 g/mol. The van der Waals surface area contributed by atoms with E-state index in [-0.39, 0.29) is 0 Å². The number of fused-ring (bicyclic) bond motifs is 7. The van der Waals surface area contributed by atoms with Crippen LogP contribution in [0.4, 0.5) is 0 Å². The van der Waals surface area contributed by atoms with Gasteiger partial charge in [0.1, 0.15) is 5.82 Å². The highest BCUT2D eigenvalue weighted by Crippen LogP contribution is 2.38. The first-order valence-electron chi connectivity index (χ1n) is 8.96. The summed E-state index contributed by atoms with van der Waals surface area (Å²) in [6.45, 7) is 0. The Bertz CT molecular complexity index is 1460. The van der Waals surface area contributed by atoms with Crippen molar-refractivity contribution in [3.05, 3.63) is 75.8 Å². The van der Waals surface area contributed by atoms with Crippen LogP contribution < -0.4 is 0 Å². The zero-order valence-corrected chi connectivity index (χ0v) is 17.7. The molecule has 3 nitrogen and oxygen atoms in total. The fourth-order valence-corrected chi connectivity index (χ4v) is 4.79. The van der Waals surface area contributed by atoms with E-state index in [0.29, 0.717) is 0 Å². The standard InChI is InChI=1S/C23H13Br2N3/c24-12-5-7-14-15-8-6-13(25)10-18(15)22-21(17(14)9-12)27-23(28-22)19-11-26-20-4-2-1-3-16(19)20/h1-11,26H,(H,27,28). The number of nitrogens with zero attached hydrogens (tertiary/aromatic N) is 1. The lowest BCUT2D eigenvalue weighted by Gasteiger charge is -2.07. The molecule has 0 saturated heterocycles. The topological polar surface area (TPSA) is 44.5 Å². The fourth-order valence-electron chi connectivity index (χ4n) is 4.06. The van der Waals surface area contributed by atoms with Crippen LogP contribution in [0.1, 0.15) is 0 Å². The maximum Gasteiger partial charge on any atom is 0.140 e. The number of imidazole rings is 1. The van der Waals surface area contributed by atoms with Crippen molar-refractivity contribution in [3.8, 4) is 11.4 Å². The Kier molecular flexibility index (Phi) is 3.46. The first kappa shape index (κ1) is 16.3. The molecule has 0 atom stereocenters. The first-order chi connectivity index (χ1) is 13.7. The fraction of sp³-hybridized carbons (Fsp3) is 0. The van der Waals surface area contributed by atoms with Crippen LogP contribution in [-0.2, 0) is 0 Å². The number of H-pyrrole nitrogens is 2. The van der Waals surface area contributed by atoms with Gasteiger partial charge < -0.3 is 9.97 Å². The van der Waals surface area contributed by atoms with Crippen molar-refractivity contribution in [2.45, 2.75) is 0 Å². The minimum Gasteiger partial charge on any atom is -0.360 e. The Balaban J connectivity index is 1.79. The summed E-state index contributed by atoms with van der Waals surface area (Å²) in [5.74, 6) is 0.876. The van der Waals surface area contributed by atoms with Crippen molar-refractivity contribution in [2.24, 2.45) is 0 Å². The number of para-hydroxylation sites is 1. The monoisotopic (exact) mass is 489 g/mol. The van der Waals surface area contributed by atoms with Gasteiger partial charge >= 0.3 is 0 Å². The van der Waals surface area contributed by atoms with Crippen molar-refractivity contribution in [1.29, 1.82) is 0 Å². The van der Waals surface area contributed by atoms with Gasteiger partial charge in [-0.3, -0.25) is 0 Å². The second-order valence-electron chi connectivity index (χ2n) is 6.94. The molecule has 0 aliphatic carbocycles. The molecule has 2 aromatic heterocycles. The number of aromatic amines is 2. The van der Waals surface area contributed by atoms with Crippen LogP contribution in [0.25, 0.3) is 54.9 Å². The lowest BCUT2D eigenvalue weighted by Crippen LogP contribution is -1.82. The molecule has 4 aromatic carbocycles. The van der Waals surface area contributed by atoms with Gasteiger partial charge in [-0.1, -0.05) is 62.2 Å². The van der Waals surface area contributed by atoms with E-state index in [4.69, 9.17) is 4.98 Å². The average Bonchev–Trinajstić information content (AvgIpc) is 3.32. The number of aromatic nitrogens is 3. The highest BCUT2D eigenvalue weighted by atomic mass is 79.9. The van der Waals surface area contributed by atoms with E-state index in [0.717, 1.165) is 53.0 Å². The maximum atomic E-state index is 5.04. The van der Waals surface area contributed by atoms with E-state index in [1.54, 1.807) is 0 Å². The molecule has 0 aliphatic heterocycles. The van der Waals surface area contributed by atoms with Crippen molar-refractivity contribution in [2.75, 3.05) is 0 Å². The SMILES string of the molecule is Brc1ccc2c3ccc(Br)cc3c3[nH]c(-c4c[nH]c5ccccc45)nc3c2c1. The lowest BCUT2D eigenvalue weighted by atomic mass is 10.0. The Morgan fingerprint density at radius 3 is 2.25 bits per heavy atom. The van der Waals surface area contributed by atoms with E-state index in [2.05, 4.69) is 96.4 Å². The molecule has 28 heavy (non-hydrogen) atoms. The van der Waals surface area contributed by atoms with Crippen molar-refractivity contribution in [1.82, 2.24) is 15.0 Å². The molecule has 134 valence electrons. The van der Waals surface area contributed by atoms with Gasteiger partial charge in [-0.2, -0.15) is 0 Å². The molecule has 0 unspecified atom stereocenters. The highest BCUT2D eigenvalue weighted by molar-refractivity contribution is 9.10. The van der Waals surface area contributed by atoms with Crippen LogP contribution in [0.2, 0.25) is 0 Å². The van der Waals surface area contributed by atoms with Crippen LogP contribution in [0.15, 0.2) is 75.8 Å². The summed E-state index contributed by atoms with van der Waals surface area (Å²) < 4.78 is 2.11. The smallest absolute Gasteiger partial charge is 0.140 e. The zero-order chi connectivity index (χ0) is 18.8. The molecule has 6 aromatic rings. The maximum absolute atomic E-state index is 5.04. The van der Waals surface area contributed by atoms with Gasteiger partial charge in [0.25, 0.3) is 0 Å². The Hall–Kier alpha value is -2.63. The van der Waals surface area contributed by atoms with Gasteiger partial charge in [-0.25, -0.2) is 4.98 Å². The van der Waals surface area contributed by atoms with E-state index < -0.39 is 0 Å². The zero-order valence-electron chi connectivity index (χ0n) is 14.6. The van der Waals surface area contributed by atoms with E-state index >= 15 is 0 Å². The van der Waals surface area contributed by atoms with Gasteiger partial charge in [0.05, 0.1) is 11.0 Å². The van der Waals surface area contributed by atoms with Gasteiger partial charge in [0.2, 0.25) is 0 Å². The summed E-state index contributed by atoms with van der Waals surface area (Å²) in [4.78, 5) is 12.0. The van der Waals surface area contributed by atoms with Crippen molar-refractivity contribution < 1.29 is 0 Å². The minimum absolute atomic E-state index is 0.876. The lowest BCUT2D eigenvalue weighted by molar-refractivity contribution is 1.34. The predicted molar refractivity (Wildman–Crippen MR) is 124 cm³/mol. The molecule has 0 bridgehead atoms. The van der Waals surface area contributed by atoms with Gasteiger partial charge in [0, 0.05) is 42.4 Å². The molecule has 0 spiro atoms. The Morgan fingerprint density at radius 1 is 0.714 bits per heavy atom. The van der Waals surface area contributed by atoms with Gasteiger partial charge in [-0.15, -0.1) is 0 Å². The third kappa shape index (κ3) is 2.30. The van der Waals surface area contributed by atoms with Crippen molar-refractivity contribution in [3.63, 3.8) is 0 Å². The summed E-state index contributed by atoms with van der Waals surface area (Å²) in [6, 6.07) is 21.1. The molecular formula is C23H13Br2N3. The summed E-state index contributed by atoms with van der Waals surface area (Å²) in [6.07, 6.45) is 2.03. The van der Waals surface area contributed by atoms with Crippen LogP contribution >= 0.6 is 31.9 Å². The molecule has 2 heterocycles. The van der Waals surface area contributed by atoms with E-state index in [9.17, 15) is 0 Å². The molecule has 0 amide bonds. The third-order valence-corrected chi connectivity index (χ3v) is 6.31. The van der Waals surface area contributed by atoms with Crippen molar-refractivity contribution >= 4 is 75.3 Å².